The van der Waals surface area contributed by atoms with Crippen LogP contribution in [-0.2, 0) is 6.54 Å². The second-order valence-electron chi connectivity index (χ2n) is 4.51. The Bertz CT molecular complexity index is 553. The van der Waals surface area contributed by atoms with Gasteiger partial charge in [0.15, 0.2) is 11.6 Å². The maximum atomic E-state index is 13.6. The minimum atomic E-state index is -0.419. The third-order valence-corrected chi connectivity index (χ3v) is 2.63. The van der Waals surface area contributed by atoms with E-state index in [4.69, 9.17) is 4.74 Å². The third kappa shape index (κ3) is 3.29. The van der Waals surface area contributed by atoms with Crippen LogP contribution < -0.4 is 10.1 Å². The van der Waals surface area contributed by atoms with Crippen molar-refractivity contribution >= 4 is 0 Å². The van der Waals surface area contributed by atoms with E-state index in [1.165, 1.54) is 13.2 Å². The van der Waals surface area contributed by atoms with E-state index in [2.05, 4.69) is 29.5 Å². The molecule has 5 nitrogen and oxygen atoms in total. The number of rotatable bonds is 5. The van der Waals surface area contributed by atoms with Crippen LogP contribution >= 0.6 is 0 Å². The van der Waals surface area contributed by atoms with Gasteiger partial charge in [-0.3, -0.25) is 0 Å². The highest BCUT2D eigenvalue weighted by atomic mass is 19.1. The zero-order valence-electron chi connectivity index (χ0n) is 11.2. The molecule has 2 aromatic rings. The van der Waals surface area contributed by atoms with Gasteiger partial charge in [0.25, 0.3) is 0 Å². The van der Waals surface area contributed by atoms with Crippen LogP contribution in [0.4, 0.5) is 4.39 Å². The minimum absolute atomic E-state index is 0.213. The van der Waals surface area contributed by atoms with Gasteiger partial charge in [-0.15, -0.1) is 5.10 Å². The maximum Gasteiger partial charge on any atom is 0.167 e. The van der Waals surface area contributed by atoms with E-state index in [0.717, 1.165) is 5.69 Å². The monoisotopic (exact) mass is 264 g/mol. The number of halogens is 1. The van der Waals surface area contributed by atoms with Crippen molar-refractivity contribution in [1.29, 1.82) is 0 Å². The van der Waals surface area contributed by atoms with Gasteiger partial charge in [-0.25, -0.2) is 9.07 Å². The average Bonchev–Trinajstić information content (AvgIpc) is 2.85. The Labute approximate surface area is 111 Å². The Morgan fingerprint density at radius 1 is 1.42 bits per heavy atom. The molecule has 0 spiro atoms. The smallest absolute Gasteiger partial charge is 0.167 e. The summed E-state index contributed by atoms with van der Waals surface area (Å²) in [7, 11) is 1.43. The first kappa shape index (κ1) is 13.5. The van der Waals surface area contributed by atoms with Crippen molar-refractivity contribution in [2.45, 2.75) is 26.4 Å². The maximum absolute atomic E-state index is 13.6. The highest BCUT2D eigenvalue weighted by Gasteiger charge is 2.07. The molecule has 0 unspecified atom stereocenters. The summed E-state index contributed by atoms with van der Waals surface area (Å²) < 4.78 is 20.0. The molecular weight excluding hydrogens is 247 g/mol. The predicted octanol–water partition coefficient (Wildman–Crippen LogP) is 1.91. The summed E-state index contributed by atoms with van der Waals surface area (Å²) in [5.41, 5.74) is 1.42. The molecule has 0 aliphatic heterocycles. The molecule has 0 amide bonds. The number of methoxy groups -OCH3 is 1. The molecule has 0 fully saturated rings. The lowest BCUT2D eigenvalue weighted by atomic mass is 10.3. The molecule has 0 radical (unpaired) electrons. The number of ether oxygens (including phenoxy) is 1. The second kappa shape index (κ2) is 5.79. The molecule has 1 N–H and O–H groups in total. The van der Waals surface area contributed by atoms with Gasteiger partial charge in [-0.1, -0.05) is 19.1 Å². The first-order valence-electron chi connectivity index (χ1n) is 6.08. The Hall–Kier alpha value is -1.95. The normalized spacial score (nSPS) is 11.0. The van der Waals surface area contributed by atoms with Gasteiger partial charge >= 0.3 is 0 Å². The van der Waals surface area contributed by atoms with Crippen molar-refractivity contribution < 1.29 is 9.13 Å². The summed E-state index contributed by atoms with van der Waals surface area (Å²) in [5, 5.41) is 11.3. The molecule has 6 heteroatoms. The van der Waals surface area contributed by atoms with Crippen molar-refractivity contribution in [3.63, 3.8) is 0 Å². The Balaban J connectivity index is 2.16. The van der Waals surface area contributed by atoms with Crippen LogP contribution in [0.25, 0.3) is 5.69 Å². The summed E-state index contributed by atoms with van der Waals surface area (Å²) in [5.74, 6) is -0.206. The lowest BCUT2D eigenvalue weighted by Gasteiger charge is -2.05. The van der Waals surface area contributed by atoms with Crippen molar-refractivity contribution in [2.24, 2.45) is 0 Å². The second-order valence-corrected chi connectivity index (χ2v) is 4.51. The fourth-order valence-corrected chi connectivity index (χ4v) is 1.61. The van der Waals surface area contributed by atoms with Gasteiger partial charge in [-0.05, 0) is 12.1 Å². The largest absolute Gasteiger partial charge is 0.494 e. The molecule has 102 valence electrons. The number of hydrogen-bond donors (Lipinski definition) is 1. The van der Waals surface area contributed by atoms with Gasteiger partial charge in [0, 0.05) is 18.7 Å². The summed E-state index contributed by atoms with van der Waals surface area (Å²) >= 11 is 0. The van der Waals surface area contributed by atoms with Crippen molar-refractivity contribution in [3.8, 4) is 11.4 Å². The molecule has 1 heterocycles. The van der Waals surface area contributed by atoms with Crippen molar-refractivity contribution in [3.05, 3.63) is 35.9 Å². The Morgan fingerprint density at radius 3 is 2.84 bits per heavy atom. The van der Waals surface area contributed by atoms with E-state index in [0.29, 0.717) is 18.3 Å². The molecule has 0 bridgehead atoms. The molecule has 0 saturated carbocycles. The van der Waals surface area contributed by atoms with Gasteiger partial charge in [0.2, 0.25) is 0 Å². The van der Waals surface area contributed by atoms with Gasteiger partial charge in [0.1, 0.15) is 0 Å². The molecule has 1 aromatic heterocycles. The highest BCUT2D eigenvalue weighted by Crippen LogP contribution is 2.19. The summed E-state index contributed by atoms with van der Waals surface area (Å²) in [6.07, 6.45) is 1.77. The lowest BCUT2D eigenvalue weighted by Crippen LogP contribution is -2.21. The van der Waals surface area contributed by atoms with E-state index in [9.17, 15) is 4.39 Å². The first-order valence-corrected chi connectivity index (χ1v) is 6.08. The number of hydrogen-bond acceptors (Lipinski definition) is 4. The van der Waals surface area contributed by atoms with E-state index in [1.54, 1.807) is 23.0 Å². The standard InChI is InChI=1S/C13H17FN4O/c1-9(2)15-7-10-8-18(17-16-10)11-4-5-13(19-3)12(14)6-11/h4-6,8-9,15H,7H2,1-3H3. The van der Waals surface area contributed by atoms with Crippen LogP contribution in [0.5, 0.6) is 5.75 Å². The fraction of sp³-hybridized carbons (Fsp3) is 0.385. The van der Waals surface area contributed by atoms with Crippen LogP contribution in [0.1, 0.15) is 19.5 Å². The first-order chi connectivity index (χ1) is 9.10. The third-order valence-electron chi connectivity index (χ3n) is 2.63. The molecule has 0 atom stereocenters. The van der Waals surface area contributed by atoms with E-state index < -0.39 is 5.82 Å². The van der Waals surface area contributed by atoms with Crippen LogP contribution in [0.3, 0.4) is 0 Å². The molecule has 1 aromatic carbocycles. The van der Waals surface area contributed by atoms with E-state index >= 15 is 0 Å². The van der Waals surface area contributed by atoms with Crippen LogP contribution in [0.15, 0.2) is 24.4 Å². The van der Waals surface area contributed by atoms with Gasteiger partial charge < -0.3 is 10.1 Å². The molecule has 0 saturated heterocycles. The zero-order valence-corrected chi connectivity index (χ0v) is 11.2. The number of nitrogens with one attached hydrogen (secondary N) is 1. The van der Waals surface area contributed by atoms with Crippen molar-refractivity contribution in [1.82, 2.24) is 20.3 Å². The predicted molar refractivity (Wildman–Crippen MR) is 69.8 cm³/mol. The minimum Gasteiger partial charge on any atom is -0.494 e. The fourth-order valence-electron chi connectivity index (χ4n) is 1.61. The quantitative estimate of drug-likeness (QED) is 0.896. The topological polar surface area (TPSA) is 52.0 Å². The average molecular weight is 264 g/mol. The van der Waals surface area contributed by atoms with E-state index in [-0.39, 0.29) is 5.75 Å². The van der Waals surface area contributed by atoms with Crippen LogP contribution in [0.2, 0.25) is 0 Å². The number of benzene rings is 1. The molecule has 2 rings (SSSR count). The van der Waals surface area contributed by atoms with Crippen LogP contribution in [0, 0.1) is 5.82 Å². The van der Waals surface area contributed by atoms with Gasteiger partial charge in [-0.2, -0.15) is 0 Å². The molecule has 19 heavy (non-hydrogen) atoms. The Morgan fingerprint density at radius 2 is 2.21 bits per heavy atom. The van der Waals surface area contributed by atoms with Crippen LogP contribution in [-0.4, -0.2) is 28.1 Å². The molecule has 0 aliphatic rings. The SMILES string of the molecule is COc1ccc(-n2cc(CNC(C)C)nn2)cc1F. The summed E-state index contributed by atoms with van der Waals surface area (Å²) in [6.45, 7) is 4.75. The number of nitrogens with zero attached hydrogens (tertiary/aromatic N) is 3. The summed E-state index contributed by atoms with van der Waals surface area (Å²) in [6, 6.07) is 5.05. The lowest BCUT2D eigenvalue weighted by molar-refractivity contribution is 0.386. The van der Waals surface area contributed by atoms with E-state index in [1.807, 2.05) is 0 Å². The number of aromatic nitrogens is 3. The van der Waals surface area contributed by atoms with Crippen molar-refractivity contribution in [2.75, 3.05) is 7.11 Å². The summed E-state index contributed by atoms with van der Waals surface area (Å²) in [4.78, 5) is 0. The molecular formula is C13H17FN4O. The van der Waals surface area contributed by atoms with Gasteiger partial charge in [0.05, 0.1) is 24.7 Å². The highest BCUT2D eigenvalue weighted by molar-refractivity contribution is 5.38. The molecule has 0 aliphatic carbocycles. The Kier molecular flexibility index (Phi) is 4.11. The zero-order chi connectivity index (χ0) is 13.8.